The highest BCUT2D eigenvalue weighted by Crippen LogP contribution is 2.39. The second-order valence-electron chi connectivity index (χ2n) is 5.54. The first-order valence-electron chi connectivity index (χ1n) is 8.77. The maximum atomic E-state index is 14.6. The predicted octanol–water partition coefficient (Wildman–Crippen LogP) is 1.42. The van der Waals surface area contributed by atoms with Crippen molar-refractivity contribution in [3.63, 3.8) is 0 Å². The Morgan fingerprint density at radius 1 is 1.38 bits per heavy atom. The molecule has 7 nitrogen and oxygen atoms in total. The molecule has 10 heteroatoms. The normalized spacial score (nSPS) is 17.0. The average molecular weight is 368 g/mol. The van der Waals surface area contributed by atoms with Crippen molar-refractivity contribution in [3.8, 4) is 0 Å². The molecule has 0 aliphatic rings. The monoisotopic (exact) mass is 368 g/mol. The topological polar surface area (TPSA) is 90.8 Å². The maximum Gasteiger partial charge on any atom is 0.289 e. The molecular weight excluding hydrogens is 351 g/mol. The van der Waals surface area contributed by atoms with E-state index in [9.17, 15) is 23.5 Å². The van der Waals surface area contributed by atoms with Gasteiger partial charge in [-0.15, -0.1) is 0 Å². The van der Waals surface area contributed by atoms with Gasteiger partial charge in [-0.25, -0.2) is 23.2 Å². The molecule has 0 fully saturated rings. The van der Waals surface area contributed by atoms with E-state index in [0.29, 0.717) is 18.6 Å². The van der Waals surface area contributed by atoms with Crippen LogP contribution in [0.25, 0.3) is 0 Å². The minimum Gasteiger partial charge on any atom is -0.711 e. The Morgan fingerprint density at radius 3 is 2.81 bits per heavy atom. The van der Waals surface area contributed by atoms with Crippen molar-refractivity contribution in [2.75, 3.05) is 0 Å². The minimum atomic E-state index is -3.11. The number of aliphatic hydroxyl groups is 1. The lowest BCUT2D eigenvalue weighted by molar-refractivity contribution is -0.610. The Labute approximate surface area is 150 Å². The molecule has 0 aliphatic carbocycles. The van der Waals surface area contributed by atoms with E-state index in [1.165, 1.54) is 0 Å². The number of aromatic nitrogens is 5. The highest BCUT2D eigenvalue weighted by molar-refractivity contribution is 5.29. The van der Waals surface area contributed by atoms with E-state index in [1.54, 1.807) is 0 Å². The van der Waals surface area contributed by atoms with Gasteiger partial charge in [-0.2, -0.15) is 9.49 Å². The van der Waals surface area contributed by atoms with Crippen LogP contribution in [-0.4, -0.2) is 24.9 Å². The standard InChI is InChI=1S/C16H14F3N5O2/c1-10(15-14(19)5-24(26)9-21-15)16(25,6-23-8-20-7-22-23)12-3-2-11(17)4-13(12)18/h2-5,7-10,25H,6H2,1H3/t10-,16-/m1/s1/i1D3. The number of rotatable bonds is 5. The van der Waals surface area contributed by atoms with Gasteiger partial charge < -0.3 is 10.3 Å². The van der Waals surface area contributed by atoms with E-state index in [1.807, 2.05) is 0 Å². The number of nitrogens with zero attached hydrogens (tertiary/aromatic N) is 5. The predicted molar refractivity (Wildman–Crippen MR) is 81.8 cm³/mol. The molecule has 2 atom stereocenters. The van der Waals surface area contributed by atoms with Crippen LogP contribution < -0.4 is 4.73 Å². The minimum absolute atomic E-state index is 0.00433. The third-order valence-electron chi connectivity index (χ3n) is 3.81. The number of hydrogen-bond acceptors (Lipinski definition) is 5. The highest BCUT2D eigenvalue weighted by Gasteiger charge is 2.43. The van der Waals surface area contributed by atoms with Gasteiger partial charge in [0.15, 0.2) is 5.69 Å². The van der Waals surface area contributed by atoms with Gasteiger partial charge in [-0.05, 0) is 11.1 Å². The first kappa shape index (κ1) is 14.2. The molecule has 0 bridgehead atoms. The Bertz CT molecular complexity index is 1020. The summed E-state index contributed by atoms with van der Waals surface area (Å²) in [5.74, 6) is -5.67. The summed E-state index contributed by atoms with van der Waals surface area (Å²) in [6.07, 6.45) is 3.25. The van der Waals surface area contributed by atoms with E-state index >= 15 is 0 Å². The fourth-order valence-corrected chi connectivity index (χ4v) is 2.56. The lowest BCUT2D eigenvalue weighted by atomic mass is 9.79. The Kier molecular flexibility index (Phi) is 3.66. The first-order valence-corrected chi connectivity index (χ1v) is 7.27. The lowest BCUT2D eigenvalue weighted by Gasteiger charge is -2.33. The van der Waals surface area contributed by atoms with Gasteiger partial charge in [0.2, 0.25) is 5.82 Å². The van der Waals surface area contributed by atoms with Crippen LogP contribution in [0.15, 0.2) is 43.4 Å². The van der Waals surface area contributed by atoms with Gasteiger partial charge >= 0.3 is 0 Å². The molecule has 0 unspecified atom stereocenters. The SMILES string of the molecule is [2H]C([2H])([2H])[C@H](c1nc[n+]([O-])cc1F)[C@](O)(Cn1cncn1)c1ccc(F)cc1F. The molecule has 1 aromatic carbocycles. The largest absolute Gasteiger partial charge is 0.711 e. The molecule has 0 saturated heterocycles. The first-order chi connectivity index (χ1) is 13.5. The summed E-state index contributed by atoms with van der Waals surface area (Å²) in [4.78, 5) is 7.20. The summed E-state index contributed by atoms with van der Waals surface area (Å²) in [5, 5.41) is 26.5. The lowest BCUT2D eigenvalue weighted by Crippen LogP contribution is -2.39. The molecule has 26 heavy (non-hydrogen) atoms. The molecule has 0 radical (unpaired) electrons. The van der Waals surface area contributed by atoms with E-state index in [-0.39, 0.29) is 4.73 Å². The van der Waals surface area contributed by atoms with E-state index in [0.717, 1.165) is 29.5 Å². The smallest absolute Gasteiger partial charge is 0.289 e. The Balaban J connectivity index is 2.28. The summed E-state index contributed by atoms with van der Waals surface area (Å²) in [6.45, 7) is -3.79. The molecule has 2 aromatic heterocycles. The van der Waals surface area contributed by atoms with Crippen molar-refractivity contribution in [2.45, 2.75) is 24.9 Å². The Morgan fingerprint density at radius 2 is 2.19 bits per heavy atom. The zero-order valence-electron chi connectivity index (χ0n) is 16.1. The van der Waals surface area contributed by atoms with Crippen molar-refractivity contribution < 1.29 is 27.1 Å². The van der Waals surface area contributed by atoms with Gasteiger partial charge in [0.1, 0.15) is 36.1 Å². The van der Waals surface area contributed by atoms with Crippen molar-refractivity contribution in [1.29, 1.82) is 0 Å². The molecule has 3 rings (SSSR count). The van der Waals surface area contributed by atoms with Crippen LogP contribution in [0.3, 0.4) is 0 Å². The zero-order valence-corrected chi connectivity index (χ0v) is 13.1. The fourth-order valence-electron chi connectivity index (χ4n) is 2.56. The van der Waals surface area contributed by atoms with Crippen molar-refractivity contribution in [3.05, 3.63) is 77.3 Å². The highest BCUT2D eigenvalue weighted by atomic mass is 19.1. The maximum absolute atomic E-state index is 14.6. The van der Waals surface area contributed by atoms with Gasteiger partial charge in [0.05, 0.1) is 12.5 Å². The number of hydrogen-bond donors (Lipinski definition) is 1. The number of halogens is 3. The molecule has 0 amide bonds. The quantitative estimate of drug-likeness (QED) is 0.543. The van der Waals surface area contributed by atoms with Crippen molar-refractivity contribution >= 4 is 0 Å². The molecule has 3 aromatic rings. The van der Waals surface area contributed by atoms with Crippen LogP contribution >= 0.6 is 0 Å². The van der Waals surface area contributed by atoms with Gasteiger partial charge in [0, 0.05) is 15.7 Å². The second kappa shape index (κ2) is 6.71. The molecule has 0 spiro atoms. The summed E-state index contributed by atoms with van der Waals surface area (Å²) in [6, 6.07) is 2.13. The van der Waals surface area contributed by atoms with Gasteiger partial charge in [-0.1, -0.05) is 12.9 Å². The van der Waals surface area contributed by atoms with Crippen LogP contribution in [0.4, 0.5) is 13.2 Å². The van der Waals surface area contributed by atoms with E-state index in [2.05, 4.69) is 15.1 Å². The van der Waals surface area contributed by atoms with Crippen LogP contribution in [0.1, 0.15) is 28.1 Å². The van der Waals surface area contributed by atoms with Crippen LogP contribution in [0.2, 0.25) is 0 Å². The summed E-state index contributed by atoms with van der Waals surface area (Å²) < 4.78 is 67.1. The molecule has 2 heterocycles. The zero-order chi connectivity index (χ0) is 21.4. The van der Waals surface area contributed by atoms with Crippen LogP contribution in [0.5, 0.6) is 0 Å². The third-order valence-corrected chi connectivity index (χ3v) is 3.81. The van der Waals surface area contributed by atoms with Crippen molar-refractivity contribution in [2.24, 2.45) is 0 Å². The molecule has 0 saturated carbocycles. The number of benzene rings is 1. The summed E-state index contributed by atoms with van der Waals surface area (Å²) in [5.41, 5.74) is -4.07. The molecule has 136 valence electrons. The second-order valence-corrected chi connectivity index (χ2v) is 5.54. The van der Waals surface area contributed by atoms with E-state index < -0.39 is 53.6 Å². The molecule has 1 N–H and O–H groups in total. The fraction of sp³-hybridized carbons (Fsp3) is 0.250. The van der Waals surface area contributed by atoms with Gasteiger partial charge in [-0.3, -0.25) is 0 Å². The van der Waals surface area contributed by atoms with Crippen LogP contribution in [0, 0.1) is 22.7 Å². The summed E-state index contributed by atoms with van der Waals surface area (Å²) in [7, 11) is 0. The van der Waals surface area contributed by atoms with E-state index in [4.69, 9.17) is 4.11 Å². The Hall–Kier alpha value is -3.01. The summed E-state index contributed by atoms with van der Waals surface area (Å²) >= 11 is 0. The third kappa shape index (κ3) is 3.23. The van der Waals surface area contributed by atoms with Gasteiger partial charge in [0.25, 0.3) is 6.33 Å². The molecule has 0 aliphatic heterocycles. The van der Waals surface area contributed by atoms with Crippen molar-refractivity contribution in [1.82, 2.24) is 19.7 Å². The molecular formula is C16H14F3N5O2. The average Bonchev–Trinajstić information content (AvgIpc) is 3.08. The van der Waals surface area contributed by atoms with Crippen LogP contribution in [-0.2, 0) is 12.1 Å².